The molecule has 1 saturated carbocycles. The highest BCUT2D eigenvalue weighted by molar-refractivity contribution is 6.14. The molecule has 1 aliphatic heterocycles. The number of carbonyl (C=O) groups is 2. The number of rotatable bonds is 3. The van der Waals surface area contributed by atoms with E-state index in [0.29, 0.717) is 17.1 Å². The summed E-state index contributed by atoms with van der Waals surface area (Å²) >= 11 is 0. The van der Waals surface area contributed by atoms with Gasteiger partial charge in [-0.3, -0.25) is 9.59 Å². The monoisotopic (exact) mass is 320 g/mol. The number of ketones is 1. The van der Waals surface area contributed by atoms with Crippen molar-refractivity contribution in [3.63, 3.8) is 0 Å². The molecule has 0 aromatic heterocycles. The van der Waals surface area contributed by atoms with Crippen LogP contribution in [0.3, 0.4) is 0 Å². The molecule has 2 aliphatic rings. The van der Waals surface area contributed by atoms with E-state index in [1.807, 2.05) is 31.2 Å². The number of Topliss-reactive ketones (excluding diaryl/α,β-unsaturated/α-hetero) is 1. The van der Waals surface area contributed by atoms with E-state index in [9.17, 15) is 9.59 Å². The Bertz CT molecular complexity index is 875. The molecule has 120 valence electrons. The molecule has 24 heavy (non-hydrogen) atoms. The lowest BCUT2D eigenvalue weighted by atomic mass is 10.1. The van der Waals surface area contributed by atoms with Crippen LogP contribution >= 0.6 is 0 Å². The molecule has 2 aromatic rings. The molecule has 1 aliphatic carbocycles. The van der Waals surface area contributed by atoms with E-state index in [1.54, 1.807) is 24.3 Å². The molecule has 2 aromatic carbocycles. The van der Waals surface area contributed by atoms with Gasteiger partial charge in [0.2, 0.25) is 5.78 Å². The molecular formula is C20H16O4. The zero-order valence-corrected chi connectivity index (χ0v) is 13.2. The first kappa shape index (κ1) is 14.7. The van der Waals surface area contributed by atoms with Crippen molar-refractivity contribution in [1.82, 2.24) is 0 Å². The minimum Gasteiger partial charge on any atom is -0.452 e. The Balaban J connectivity index is 1.60. The number of benzene rings is 2. The highest BCUT2D eigenvalue weighted by Crippen LogP contribution is 2.36. The van der Waals surface area contributed by atoms with Crippen LogP contribution in [0, 0.1) is 12.8 Å². The van der Waals surface area contributed by atoms with Gasteiger partial charge in [0.15, 0.2) is 5.76 Å². The van der Waals surface area contributed by atoms with Gasteiger partial charge < -0.3 is 9.47 Å². The van der Waals surface area contributed by atoms with Gasteiger partial charge >= 0.3 is 5.97 Å². The van der Waals surface area contributed by atoms with Gasteiger partial charge in [-0.2, -0.15) is 0 Å². The summed E-state index contributed by atoms with van der Waals surface area (Å²) in [4.78, 5) is 24.2. The largest absolute Gasteiger partial charge is 0.452 e. The maximum atomic E-state index is 12.5. The zero-order chi connectivity index (χ0) is 16.7. The summed E-state index contributed by atoms with van der Waals surface area (Å²) in [7, 11) is 0. The van der Waals surface area contributed by atoms with Gasteiger partial charge in [0, 0.05) is 6.07 Å². The lowest BCUT2D eigenvalue weighted by Crippen LogP contribution is -2.09. The summed E-state index contributed by atoms with van der Waals surface area (Å²) in [5.74, 6) is 0.780. The third-order valence-corrected chi connectivity index (χ3v) is 4.25. The van der Waals surface area contributed by atoms with Crippen LogP contribution in [-0.4, -0.2) is 11.8 Å². The summed E-state index contributed by atoms with van der Waals surface area (Å²) in [5, 5.41) is 0. The fourth-order valence-corrected chi connectivity index (χ4v) is 2.64. The van der Waals surface area contributed by atoms with Crippen LogP contribution in [0.15, 0.2) is 48.2 Å². The fourth-order valence-electron chi connectivity index (χ4n) is 2.64. The van der Waals surface area contributed by atoms with E-state index in [-0.39, 0.29) is 23.4 Å². The summed E-state index contributed by atoms with van der Waals surface area (Å²) in [6.07, 6.45) is 3.53. The first-order valence-electron chi connectivity index (χ1n) is 7.97. The van der Waals surface area contributed by atoms with Crippen molar-refractivity contribution >= 4 is 17.8 Å². The SMILES string of the molecule is Cc1ccccc1/C=C1\Oc2cc(OC(=O)C3CC3)ccc2C1=O. The summed E-state index contributed by atoms with van der Waals surface area (Å²) in [6.45, 7) is 1.98. The quantitative estimate of drug-likeness (QED) is 0.488. The lowest BCUT2D eigenvalue weighted by molar-refractivity contribution is -0.135. The summed E-state index contributed by atoms with van der Waals surface area (Å²) in [6, 6.07) is 12.7. The minimum absolute atomic E-state index is 0.0253. The number of carbonyl (C=O) groups excluding carboxylic acids is 2. The average Bonchev–Trinajstić information content (AvgIpc) is 3.37. The second-order valence-electron chi connectivity index (χ2n) is 6.15. The summed E-state index contributed by atoms with van der Waals surface area (Å²) in [5.41, 5.74) is 2.49. The van der Waals surface area contributed by atoms with Crippen molar-refractivity contribution in [1.29, 1.82) is 0 Å². The smallest absolute Gasteiger partial charge is 0.314 e. The number of aryl methyl sites for hydroxylation is 1. The van der Waals surface area contributed by atoms with Crippen molar-refractivity contribution < 1.29 is 19.1 Å². The Morgan fingerprint density at radius 1 is 1.21 bits per heavy atom. The van der Waals surface area contributed by atoms with Gasteiger partial charge in [0.05, 0.1) is 11.5 Å². The summed E-state index contributed by atoms with van der Waals surface area (Å²) < 4.78 is 11.0. The van der Waals surface area contributed by atoms with Crippen LogP contribution in [0.2, 0.25) is 0 Å². The Kier molecular flexibility index (Phi) is 3.45. The lowest BCUT2D eigenvalue weighted by Gasteiger charge is -2.04. The highest BCUT2D eigenvalue weighted by Gasteiger charge is 2.32. The predicted octanol–water partition coefficient (Wildman–Crippen LogP) is 3.93. The van der Waals surface area contributed by atoms with Gasteiger partial charge in [-0.1, -0.05) is 24.3 Å². The Morgan fingerprint density at radius 2 is 2.00 bits per heavy atom. The van der Waals surface area contributed by atoms with E-state index >= 15 is 0 Å². The van der Waals surface area contributed by atoms with Crippen molar-refractivity contribution in [2.75, 3.05) is 0 Å². The molecule has 0 radical (unpaired) electrons. The first-order chi connectivity index (χ1) is 11.6. The van der Waals surface area contributed by atoms with E-state index in [1.165, 1.54) is 0 Å². The molecule has 0 amide bonds. The van der Waals surface area contributed by atoms with Crippen LogP contribution < -0.4 is 9.47 Å². The Hall–Kier alpha value is -2.88. The van der Waals surface area contributed by atoms with Crippen LogP contribution in [0.1, 0.15) is 34.3 Å². The van der Waals surface area contributed by atoms with Crippen LogP contribution in [0.5, 0.6) is 11.5 Å². The molecule has 0 spiro atoms. The topological polar surface area (TPSA) is 52.6 Å². The molecule has 0 atom stereocenters. The van der Waals surface area contributed by atoms with Crippen LogP contribution in [0.4, 0.5) is 0 Å². The van der Waals surface area contributed by atoms with E-state index in [2.05, 4.69) is 0 Å². The molecular weight excluding hydrogens is 304 g/mol. The Morgan fingerprint density at radius 3 is 2.75 bits per heavy atom. The van der Waals surface area contributed by atoms with Crippen molar-refractivity contribution in [2.24, 2.45) is 5.92 Å². The number of allylic oxidation sites excluding steroid dienone is 1. The van der Waals surface area contributed by atoms with Crippen LogP contribution in [0.25, 0.3) is 6.08 Å². The third-order valence-electron chi connectivity index (χ3n) is 4.25. The second kappa shape index (κ2) is 5.64. The normalized spacial score (nSPS) is 17.5. The molecule has 0 bridgehead atoms. The Labute approximate surface area is 139 Å². The van der Waals surface area contributed by atoms with Gasteiger partial charge in [-0.05, 0) is 49.1 Å². The first-order valence-corrected chi connectivity index (χ1v) is 7.97. The molecule has 1 fully saturated rings. The third kappa shape index (κ3) is 2.71. The van der Waals surface area contributed by atoms with Crippen LogP contribution in [-0.2, 0) is 4.79 Å². The van der Waals surface area contributed by atoms with Gasteiger partial charge in [-0.15, -0.1) is 0 Å². The van der Waals surface area contributed by atoms with Crippen molar-refractivity contribution in [3.05, 3.63) is 64.9 Å². The number of hydrogen-bond donors (Lipinski definition) is 0. The molecule has 0 N–H and O–H groups in total. The minimum atomic E-state index is -0.213. The number of fused-ring (bicyclic) bond motifs is 1. The number of ether oxygens (including phenoxy) is 2. The molecule has 0 saturated heterocycles. The molecule has 4 heteroatoms. The fraction of sp³-hybridized carbons (Fsp3) is 0.200. The maximum absolute atomic E-state index is 12.5. The van der Waals surface area contributed by atoms with E-state index < -0.39 is 0 Å². The number of hydrogen-bond acceptors (Lipinski definition) is 4. The maximum Gasteiger partial charge on any atom is 0.314 e. The van der Waals surface area contributed by atoms with Crippen molar-refractivity contribution in [3.8, 4) is 11.5 Å². The number of esters is 1. The van der Waals surface area contributed by atoms with Gasteiger partial charge in [-0.25, -0.2) is 0 Å². The zero-order valence-electron chi connectivity index (χ0n) is 13.2. The average molecular weight is 320 g/mol. The van der Waals surface area contributed by atoms with Gasteiger partial charge in [0.1, 0.15) is 11.5 Å². The van der Waals surface area contributed by atoms with Gasteiger partial charge in [0.25, 0.3) is 0 Å². The van der Waals surface area contributed by atoms with Crippen molar-refractivity contribution in [2.45, 2.75) is 19.8 Å². The predicted molar refractivity (Wildman–Crippen MR) is 88.9 cm³/mol. The molecule has 4 nitrogen and oxygen atoms in total. The standard InChI is InChI=1S/C20H16O4/c1-12-4-2-3-5-14(12)10-18-19(21)16-9-8-15(11-17(16)24-18)23-20(22)13-6-7-13/h2-5,8-11,13H,6-7H2,1H3/b18-10-. The van der Waals surface area contributed by atoms with E-state index in [0.717, 1.165) is 24.0 Å². The van der Waals surface area contributed by atoms with E-state index in [4.69, 9.17) is 9.47 Å². The highest BCUT2D eigenvalue weighted by atomic mass is 16.5. The molecule has 4 rings (SSSR count). The second-order valence-corrected chi connectivity index (χ2v) is 6.15. The molecule has 1 heterocycles. The molecule has 0 unspecified atom stereocenters.